The predicted octanol–water partition coefficient (Wildman–Crippen LogP) is 4.31. The summed E-state index contributed by atoms with van der Waals surface area (Å²) in [5.74, 6) is 1.20. The molecule has 0 fully saturated rings. The van der Waals surface area contributed by atoms with Crippen molar-refractivity contribution in [1.29, 1.82) is 0 Å². The van der Waals surface area contributed by atoms with Crippen LogP contribution in [-0.4, -0.2) is 18.0 Å². The number of carbonyl (C=O) groups excluding carboxylic acids is 1. The van der Waals surface area contributed by atoms with E-state index in [-0.39, 0.29) is 5.91 Å². The Morgan fingerprint density at radius 1 is 1.20 bits per heavy atom. The highest BCUT2D eigenvalue weighted by Gasteiger charge is 2.04. The van der Waals surface area contributed by atoms with E-state index in [1.165, 1.54) is 12.5 Å². The molecule has 0 aliphatic heterocycles. The lowest BCUT2D eigenvalue weighted by molar-refractivity contribution is -0.111. The monoisotopic (exact) mass is 334 g/mol. The van der Waals surface area contributed by atoms with E-state index in [4.69, 9.17) is 9.15 Å². The van der Waals surface area contributed by atoms with E-state index in [2.05, 4.69) is 10.3 Å². The molecule has 0 bridgehead atoms. The van der Waals surface area contributed by atoms with Gasteiger partial charge in [-0.2, -0.15) is 0 Å². The number of hydrogen-bond acceptors (Lipinski definition) is 4. The fourth-order valence-corrected chi connectivity index (χ4v) is 2.41. The van der Waals surface area contributed by atoms with E-state index < -0.39 is 0 Å². The van der Waals surface area contributed by atoms with Gasteiger partial charge in [0.15, 0.2) is 12.2 Å². The van der Waals surface area contributed by atoms with Crippen LogP contribution in [0.5, 0.6) is 5.75 Å². The Morgan fingerprint density at radius 3 is 2.68 bits per heavy atom. The van der Waals surface area contributed by atoms with E-state index in [0.717, 1.165) is 22.4 Å². The summed E-state index contributed by atoms with van der Waals surface area (Å²) >= 11 is 0. The largest absolute Gasteiger partial charge is 0.496 e. The molecule has 0 saturated carbocycles. The minimum atomic E-state index is -0.212. The number of oxazole rings is 1. The number of anilines is 1. The lowest BCUT2D eigenvalue weighted by Gasteiger charge is -2.06. The number of aryl methyl sites for hydroxylation is 1. The maximum absolute atomic E-state index is 12.1. The van der Waals surface area contributed by atoms with Crippen molar-refractivity contribution in [3.63, 3.8) is 0 Å². The van der Waals surface area contributed by atoms with Crippen molar-refractivity contribution in [2.45, 2.75) is 6.92 Å². The van der Waals surface area contributed by atoms with Crippen LogP contribution < -0.4 is 10.1 Å². The molecule has 1 N–H and O–H groups in total. The quantitative estimate of drug-likeness (QED) is 0.706. The van der Waals surface area contributed by atoms with E-state index in [1.54, 1.807) is 19.4 Å². The summed E-state index contributed by atoms with van der Waals surface area (Å²) in [7, 11) is 1.61. The summed E-state index contributed by atoms with van der Waals surface area (Å²) in [5.41, 5.74) is 3.56. The van der Waals surface area contributed by atoms with Gasteiger partial charge in [0.2, 0.25) is 5.91 Å². The smallest absolute Gasteiger partial charge is 0.248 e. The molecule has 0 aliphatic rings. The van der Waals surface area contributed by atoms with Gasteiger partial charge in [-0.15, -0.1) is 0 Å². The molecule has 1 aromatic heterocycles. The van der Waals surface area contributed by atoms with Crippen molar-refractivity contribution in [2.75, 3.05) is 12.4 Å². The molecule has 2 aromatic carbocycles. The number of amides is 1. The molecule has 0 atom stereocenters. The van der Waals surface area contributed by atoms with Crippen molar-refractivity contribution in [3.05, 3.63) is 72.3 Å². The minimum absolute atomic E-state index is 0.212. The Morgan fingerprint density at radius 2 is 2.00 bits per heavy atom. The maximum atomic E-state index is 12.1. The van der Waals surface area contributed by atoms with Gasteiger partial charge in [0.1, 0.15) is 5.75 Å². The zero-order valence-corrected chi connectivity index (χ0v) is 14.0. The Balaban J connectivity index is 1.67. The second kappa shape index (κ2) is 7.49. The third-order valence-corrected chi connectivity index (χ3v) is 3.67. The average molecular weight is 334 g/mol. The van der Waals surface area contributed by atoms with Gasteiger partial charge in [-0.1, -0.05) is 11.6 Å². The summed E-state index contributed by atoms with van der Waals surface area (Å²) in [4.78, 5) is 16.0. The standard InChI is InChI=1S/C20H18N2O3/c1-14-3-9-18(24-2)16(11-14)6-10-20(23)22-17-7-4-15(5-8-17)19-12-21-13-25-19/h3-13H,1-2H3,(H,22,23)/b10-6+. The first kappa shape index (κ1) is 16.5. The molecule has 5 nitrogen and oxygen atoms in total. The lowest BCUT2D eigenvalue weighted by atomic mass is 10.1. The number of hydrogen-bond donors (Lipinski definition) is 1. The molecule has 0 aliphatic carbocycles. The van der Waals surface area contributed by atoms with E-state index in [1.807, 2.05) is 49.4 Å². The number of rotatable bonds is 5. The Bertz CT molecular complexity index is 882. The van der Waals surface area contributed by atoms with Crippen LogP contribution in [0.2, 0.25) is 0 Å². The molecular formula is C20H18N2O3. The number of aromatic nitrogens is 1. The maximum Gasteiger partial charge on any atom is 0.248 e. The third-order valence-electron chi connectivity index (χ3n) is 3.67. The van der Waals surface area contributed by atoms with Gasteiger partial charge in [0, 0.05) is 22.9 Å². The highest BCUT2D eigenvalue weighted by molar-refractivity contribution is 6.02. The molecule has 3 rings (SSSR count). The summed E-state index contributed by atoms with van der Waals surface area (Å²) in [6.45, 7) is 1.99. The second-order valence-electron chi connectivity index (χ2n) is 5.51. The molecule has 1 amide bonds. The van der Waals surface area contributed by atoms with E-state index >= 15 is 0 Å². The zero-order chi connectivity index (χ0) is 17.6. The van der Waals surface area contributed by atoms with Gasteiger partial charge in [-0.05, 0) is 49.4 Å². The molecule has 1 heterocycles. The van der Waals surface area contributed by atoms with Gasteiger partial charge < -0.3 is 14.5 Å². The van der Waals surface area contributed by atoms with Crippen LogP contribution in [0, 0.1) is 6.92 Å². The van der Waals surface area contributed by atoms with Gasteiger partial charge in [-0.3, -0.25) is 4.79 Å². The molecular weight excluding hydrogens is 316 g/mol. The first-order valence-corrected chi connectivity index (χ1v) is 7.78. The normalized spacial score (nSPS) is 10.8. The molecule has 25 heavy (non-hydrogen) atoms. The van der Waals surface area contributed by atoms with Crippen molar-refractivity contribution < 1.29 is 13.9 Å². The topological polar surface area (TPSA) is 64.4 Å². The highest BCUT2D eigenvalue weighted by atomic mass is 16.5. The van der Waals surface area contributed by atoms with Crippen molar-refractivity contribution in [2.24, 2.45) is 0 Å². The molecule has 0 saturated heterocycles. The third kappa shape index (κ3) is 4.14. The fraction of sp³-hybridized carbons (Fsp3) is 0.100. The molecule has 3 aromatic rings. The average Bonchev–Trinajstić information content (AvgIpc) is 3.15. The van der Waals surface area contributed by atoms with Crippen molar-refractivity contribution >= 4 is 17.7 Å². The van der Waals surface area contributed by atoms with E-state index in [0.29, 0.717) is 11.4 Å². The van der Waals surface area contributed by atoms with Crippen molar-refractivity contribution in [1.82, 2.24) is 4.98 Å². The molecule has 126 valence electrons. The van der Waals surface area contributed by atoms with Crippen LogP contribution in [-0.2, 0) is 4.79 Å². The molecule has 0 unspecified atom stereocenters. The van der Waals surface area contributed by atoms with Gasteiger partial charge in [0.05, 0.1) is 13.3 Å². The number of ether oxygens (including phenoxy) is 1. The molecule has 0 spiro atoms. The number of methoxy groups -OCH3 is 1. The second-order valence-corrected chi connectivity index (χ2v) is 5.51. The lowest BCUT2D eigenvalue weighted by Crippen LogP contribution is -2.07. The number of nitrogens with zero attached hydrogens (tertiary/aromatic N) is 1. The Hall–Kier alpha value is -3.34. The van der Waals surface area contributed by atoms with Gasteiger partial charge in [-0.25, -0.2) is 4.98 Å². The van der Waals surface area contributed by atoms with Crippen LogP contribution in [0.25, 0.3) is 17.4 Å². The summed E-state index contributed by atoms with van der Waals surface area (Å²) in [6.07, 6.45) is 6.26. The Kier molecular flexibility index (Phi) is 4.95. The summed E-state index contributed by atoms with van der Waals surface area (Å²) in [6, 6.07) is 13.2. The number of carbonyl (C=O) groups is 1. The van der Waals surface area contributed by atoms with Crippen molar-refractivity contribution in [3.8, 4) is 17.1 Å². The van der Waals surface area contributed by atoms with Crippen LogP contribution in [0.4, 0.5) is 5.69 Å². The van der Waals surface area contributed by atoms with E-state index in [9.17, 15) is 4.79 Å². The first-order chi connectivity index (χ1) is 12.2. The molecule has 0 radical (unpaired) electrons. The summed E-state index contributed by atoms with van der Waals surface area (Å²) in [5, 5.41) is 2.82. The number of benzene rings is 2. The van der Waals surface area contributed by atoms with Gasteiger partial charge >= 0.3 is 0 Å². The zero-order valence-electron chi connectivity index (χ0n) is 14.0. The molecule has 5 heteroatoms. The van der Waals surface area contributed by atoms with Gasteiger partial charge in [0.25, 0.3) is 0 Å². The minimum Gasteiger partial charge on any atom is -0.496 e. The highest BCUT2D eigenvalue weighted by Crippen LogP contribution is 2.22. The predicted molar refractivity (Wildman–Crippen MR) is 97.3 cm³/mol. The SMILES string of the molecule is COc1ccc(C)cc1/C=C/C(=O)Nc1ccc(-c2cnco2)cc1. The van der Waals surface area contributed by atoms with Crippen LogP contribution in [0.15, 0.2) is 65.5 Å². The Labute approximate surface area is 146 Å². The van der Waals surface area contributed by atoms with Crippen LogP contribution in [0.1, 0.15) is 11.1 Å². The first-order valence-electron chi connectivity index (χ1n) is 7.78. The summed E-state index contributed by atoms with van der Waals surface area (Å²) < 4.78 is 10.5. The van der Waals surface area contributed by atoms with Crippen LogP contribution >= 0.6 is 0 Å². The van der Waals surface area contributed by atoms with Crippen LogP contribution in [0.3, 0.4) is 0 Å². The fourth-order valence-electron chi connectivity index (χ4n) is 2.41. The number of nitrogens with one attached hydrogen (secondary N) is 1.